The third kappa shape index (κ3) is 3.04. The largest absolute Gasteiger partial charge is 0.464 e. The van der Waals surface area contributed by atoms with Crippen LogP contribution in [-0.4, -0.2) is 23.8 Å². The van der Waals surface area contributed by atoms with Crippen molar-refractivity contribution in [3.8, 4) is 0 Å². The molecule has 2 aromatic carbocycles. The van der Waals surface area contributed by atoms with Crippen LogP contribution in [0.15, 0.2) is 65.7 Å². The van der Waals surface area contributed by atoms with Crippen molar-refractivity contribution in [1.82, 2.24) is 0 Å². The second kappa shape index (κ2) is 6.37. The van der Waals surface area contributed by atoms with Gasteiger partial charge in [0, 0.05) is 11.1 Å². The molecule has 23 heavy (non-hydrogen) atoms. The maximum absolute atomic E-state index is 12.4. The molecule has 0 bridgehead atoms. The highest BCUT2D eigenvalue weighted by molar-refractivity contribution is 6.14. The lowest BCUT2D eigenvalue weighted by Gasteiger charge is -2.15. The molecular weight excluding hydrogens is 286 g/mol. The van der Waals surface area contributed by atoms with Crippen LogP contribution in [0, 0.1) is 5.92 Å². The summed E-state index contributed by atoms with van der Waals surface area (Å²) >= 11 is 0. The smallest absolute Gasteiger partial charge is 0.334 e. The van der Waals surface area contributed by atoms with Gasteiger partial charge in [-0.05, 0) is 19.3 Å². The Hall–Kier alpha value is -2.42. The maximum Gasteiger partial charge on any atom is 0.334 e. The third-order valence-corrected chi connectivity index (χ3v) is 4.31. The van der Waals surface area contributed by atoms with Gasteiger partial charge in [-0.15, -0.1) is 0 Å². The minimum absolute atomic E-state index is 0.211. The van der Waals surface area contributed by atoms with E-state index in [-0.39, 0.29) is 11.9 Å². The minimum Gasteiger partial charge on any atom is -0.464 e. The molecule has 0 aliphatic heterocycles. The van der Waals surface area contributed by atoms with Gasteiger partial charge in [0.2, 0.25) is 0 Å². The lowest BCUT2D eigenvalue weighted by atomic mass is 10.0. The van der Waals surface area contributed by atoms with Crippen molar-refractivity contribution < 1.29 is 9.53 Å². The Labute approximate surface area is 137 Å². The highest BCUT2D eigenvalue weighted by Gasteiger charge is 2.59. The molecule has 0 spiro atoms. The Kier molecular flexibility index (Phi) is 4.28. The average Bonchev–Trinajstić information content (AvgIpc) is 3.26. The van der Waals surface area contributed by atoms with Crippen molar-refractivity contribution in [3.05, 3.63) is 71.8 Å². The fraction of sp³-hybridized carbons (Fsp3) is 0.300. The van der Waals surface area contributed by atoms with E-state index in [4.69, 9.17) is 9.73 Å². The first-order valence-electron chi connectivity index (χ1n) is 8.05. The summed E-state index contributed by atoms with van der Waals surface area (Å²) in [6.07, 6.45) is 0.745. The number of nitrogens with zero attached hydrogens (tertiary/aromatic N) is 1. The van der Waals surface area contributed by atoms with Gasteiger partial charge >= 0.3 is 5.97 Å². The topological polar surface area (TPSA) is 38.7 Å². The SMILES string of the molecule is CCOC(=O)C1(N=C(c2ccccc2)c2ccccc2)CC1C. The molecule has 0 heterocycles. The summed E-state index contributed by atoms with van der Waals surface area (Å²) in [6, 6.07) is 20.0. The first-order chi connectivity index (χ1) is 11.2. The summed E-state index contributed by atoms with van der Waals surface area (Å²) in [6.45, 7) is 4.26. The number of ether oxygens (including phenoxy) is 1. The molecule has 1 aliphatic rings. The van der Waals surface area contributed by atoms with E-state index in [2.05, 4.69) is 0 Å². The summed E-state index contributed by atoms with van der Waals surface area (Å²) in [5, 5.41) is 0. The number of carbonyl (C=O) groups is 1. The zero-order valence-corrected chi connectivity index (χ0v) is 13.5. The van der Waals surface area contributed by atoms with Crippen LogP contribution in [0.4, 0.5) is 0 Å². The Balaban J connectivity index is 2.07. The summed E-state index contributed by atoms with van der Waals surface area (Å²) in [7, 11) is 0. The van der Waals surface area contributed by atoms with Gasteiger partial charge in [-0.1, -0.05) is 67.6 Å². The number of esters is 1. The van der Waals surface area contributed by atoms with Crippen LogP contribution in [0.1, 0.15) is 31.4 Å². The summed E-state index contributed by atoms with van der Waals surface area (Å²) in [5.41, 5.74) is 2.16. The zero-order chi connectivity index (χ0) is 16.3. The van der Waals surface area contributed by atoms with Crippen molar-refractivity contribution in [2.75, 3.05) is 6.61 Å². The summed E-state index contributed by atoms with van der Waals surface area (Å²) in [5.74, 6) is 0.000775. The van der Waals surface area contributed by atoms with E-state index in [1.807, 2.05) is 74.5 Å². The Morgan fingerprint density at radius 2 is 1.57 bits per heavy atom. The van der Waals surface area contributed by atoms with Crippen molar-refractivity contribution in [3.63, 3.8) is 0 Å². The fourth-order valence-electron chi connectivity index (χ4n) is 2.84. The predicted molar refractivity (Wildman–Crippen MR) is 91.7 cm³/mol. The van der Waals surface area contributed by atoms with Crippen molar-refractivity contribution in [2.24, 2.45) is 10.9 Å². The average molecular weight is 307 g/mol. The van der Waals surface area contributed by atoms with Crippen molar-refractivity contribution >= 4 is 11.7 Å². The molecule has 0 saturated heterocycles. The van der Waals surface area contributed by atoms with E-state index in [0.29, 0.717) is 6.61 Å². The molecular formula is C20H21NO2. The zero-order valence-electron chi connectivity index (χ0n) is 13.5. The monoisotopic (exact) mass is 307 g/mol. The number of aliphatic imine (C=N–C) groups is 1. The number of rotatable bonds is 5. The standard InChI is InChI=1S/C20H21NO2/c1-3-23-19(22)20(14-15(20)2)21-18(16-10-6-4-7-11-16)17-12-8-5-9-13-17/h4-13,15H,3,14H2,1-2H3. The molecule has 0 radical (unpaired) electrons. The van der Waals surface area contributed by atoms with E-state index in [1.165, 1.54) is 0 Å². The molecule has 2 aromatic rings. The molecule has 2 unspecified atom stereocenters. The number of hydrogen-bond acceptors (Lipinski definition) is 3. The fourth-order valence-corrected chi connectivity index (χ4v) is 2.84. The predicted octanol–water partition coefficient (Wildman–Crippen LogP) is 3.87. The molecule has 0 N–H and O–H groups in total. The minimum atomic E-state index is -0.725. The molecule has 1 saturated carbocycles. The molecule has 3 heteroatoms. The molecule has 1 aliphatic carbocycles. The molecule has 0 amide bonds. The van der Waals surface area contributed by atoms with E-state index in [1.54, 1.807) is 0 Å². The van der Waals surface area contributed by atoms with Crippen molar-refractivity contribution in [2.45, 2.75) is 25.8 Å². The third-order valence-electron chi connectivity index (χ3n) is 4.31. The van der Waals surface area contributed by atoms with Crippen LogP contribution in [-0.2, 0) is 9.53 Å². The van der Waals surface area contributed by atoms with Gasteiger partial charge in [0.25, 0.3) is 0 Å². The Bertz CT molecular complexity index is 667. The first-order valence-corrected chi connectivity index (χ1v) is 8.05. The van der Waals surface area contributed by atoms with Crippen LogP contribution in [0.25, 0.3) is 0 Å². The van der Waals surface area contributed by atoms with E-state index < -0.39 is 5.54 Å². The van der Waals surface area contributed by atoms with E-state index in [0.717, 1.165) is 23.3 Å². The van der Waals surface area contributed by atoms with Crippen LogP contribution in [0.2, 0.25) is 0 Å². The molecule has 3 rings (SSSR count). The molecule has 0 aromatic heterocycles. The number of benzene rings is 2. The first kappa shape index (κ1) is 15.5. The lowest BCUT2D eigenvalue weighted by Crippen LogP contribution is -2.27. The van der Waals surface area contributed by atoms with Gasteiger partial charge in [0.05, 0.1) is 12.3 Å². The van der Waals surface area contributed by atoms with Gasteiger partial charge in [0.15, 0.2) is 5.54 Å². The molecule has 2 atom stereocenters. The number of carbonyl (C=O) groups excluding carboxylic acids is 1. The van der Waals surface area contributed by atoms with E-state index in [9.17, 15) is 4.79 Å². The van der Waals surface area contributed by atoms with Gasteiger partial charge in [-0.3, -0.25) is 4.99 Å². The van der Waals surface area contributed by atoms with Crippen LogP contribution in [0.5, 0.6) is 0 Å². The van der Waals surface area contributed by atoms with Gasteiger partial charge < -0.3 is 4.74 Å². The van der Waals surface area contributed by atoms with Gasteiger partial charge in [-0.2, -0.15) is 0 Å². The van der Waals surface area contributed by atoms with E-state index >= 15 is 0 Å². The Morgan fingerprint density at radius 3 is 1.96 bits per heavy atom. The highest BCUT2D eigenvalue weighted by Crippen LogP contribution is 2.48. The normalized spacial score (nSPS) is 22.3. The van der Waals surface area contributed by atoms with Crippen molar-refractivity contribution in [1.29, 1.82) is 0 Å². The molecule has 118 valence electrons. The van der Waals surface area contributed by atoms with Gasteiger partial charge in [-0.25, -0.2) is 4.79 Å². The maximum atomic E-state index is 12.4. The Morgan fingerprint density at radius 1 is 1.09 bits per heavy atom. The van der Waals surface area contributed by atoms with Gasteiger partial charge in [0.1, 0.15) is 0 Å². The van der Waals surface area contributed by atoms with Crippen LogP contribution in [0.3, 0.4) is 0 Å². The quantitative estimate of drug-likeness (QED) is 0.621. The second-order valence-electron chi connectivity index (χ2n) is 5.94. The number of hydrogen-bond donors (Lipinski definition) is 0. The highest BCUT2D eigenvalue weighted by atomic mass is 16.5. The van der Waals surface area contributed by atoms with Crippen LogP contribution >= 0.6 is 0 Å². The van der Waals surface area contributed by atoms with Crippen LogP contribution < -0.4 is 0 Å². The summed E-state index contributed by atoms with van der Waals surface area (Å²) in [4.78, 5) is 17.3. The molecule has 1 fully saturated rings. The summed E-state index contributed by atoms with van der Waals surface area (Å²) < 4.78 is 5.27. The second-order valence-corrected chi connectivity index (χ2v) is 5.94. The molecule has 3 nitrogen and oxygen atoms in total. The lowest BCUT2D eigenvalue weighted by molar-refractivity contribution is -0.146.